The van der Waals surface area contributed by atoms with Gasteiger partial charge in [-0.2, -0.15) is 8.75 Å². The van der Waals surface area contributed by atoms with E-state index in [4.69, 9.17) is 26.9 Å². The molecule has 284 valence electrons. The van der Waals surface area contributed by atoms with E-state index in [1.54, 1.807) is 12.4 Å². The molecule has 0 aromatic carbocycles. The van der Waals surface area contributed by atoms with E-state index in [1.807, 2.05) is 46.8 Å². The molecular formula is C35H48N12O4S2. The molecule has 0 radical (unpaired) electrons. The summed E-state index contributed by atoms with van der Waals surface area (Å²) >= 11 is 2.78. The van der Waals surface area contributed by atoms with Crippen molar-refractivity contribution in [2.24, 2.45) is 17.2 Å². The molecule has 7 N–H and O–H groups in total. The number of aromatic nitrogens is 6. The monoisotopic (exact) mass is 764 g/mol. The molecule has 6 rings (SSSR count). The maximum absolute atomic E-state index is 12.1. The average molecular weight is 765 g/mol. The van der Waals surface area contributed by atoms with E-state index in [0.29, 0.717) is 36.6 Å². The highest BCUT2D eigenvalue weighted by atomic mass is 32.1. The maximum atomic E-state index is 12.1. The number of carbonyl (C=O) groups excluding carboxylic acids is 3. The number of hydrogen-bond donors (Lipinski definition) is 4. The first-order valence-electron chi connectivity index (χ1n) is 17.5. The molecule has 2 aliphatic rings. The number of carbonyl (C=O) groups is 3. The van der Waals surface area contributed by atoms with E-state index in [1.165, 1.54) is 23.1 Å². The van der Waals surface area contributed by atoms with Gasteiger partial charge in [-0.15, -0.1) is 0 Å². The van der Waals surface area contributed by atoms with Crippen molar-refractivity contribution in [1.82, 2.24) is 34.0 Å². The number of rotatable bonds is 9. The fraction of sp³-hybridized carbons (Fsp3) is 0.514. The number of anilines is 2. The van der Waals surface area contributed by atoms with Gasteiger partial charge in [-0.25, -0.2) is 24.7 Å². The Balaban J connectivity index is 0.000000211. The smallest absolute Gasteiger partial charge is 0.407 e. The number of ether oxygens (including phenoxy) is 1. The molecule has 53 heavy (non-hydrogen) atoms. The summed E-state index contributed by atoms with van der Waals surface area (Å²) in [7, 11) is 0. The molecule has 0 saturated carbocycles. The topological polar surface area (TPSA) is 234 Å². The first kappa shape index (κ1) is 39.4. The lowest BCUT2D eigenvalue weighted by Gasteiger charge is -2.34. The number of nitrogens with one attached hydrogen (secondary N) is 1. The van der Waals surface area contributed by atoms with Crippen LogP contribution in [0.5, 0.6) is 0 Å². The highest BCUT2D eigenvalue weighted by Crippen LogP contribution is 2.23. The minimum absolute atomic E-state index is 0.0567. The van der Waals surface area contributed by atoms with E-state index in [-0.39, 0.29) is 23.5 Å². The third-order valence-corrected chi connectivity index (χ3v) is 10.2. The zero-order valence-electron chi connectivity index (χ0n) is 30.8. The van der Waals surface area contributed by atoms with Crippen LogP contribution < -0.4 is 32.3 Å². The van der Waals surface area contributed by atoms with Gasteiger partial charge >= 0.3 is 6.09 Å². The van der Waals surface area contributed by atoms with Crippen molar-refractivity contribution in [2.75, 3.05) is 36.0 Å². The summed E-state index contributed by atoms with van der Waals surface area (Å²) in [6.07, 6.45) is 7.50. The summed E-state index contributed by atoms with van der Waals surface area (Å²) in [5, 5.41) is 2.93. The van der Waals surface area contributed by atoms with Gasteiger partial charge in [-0.3, -0.25) is 9.59 Å². The zero-order valence-corrected chi connectivity index (χ0v) is 32.4. The fourth-order valence-electron chi connectivity index (χ4n) is 6.12. The first-order valence-corrected chi connectivity index (χ1v) is 19.1. The lowest BCUT2D eigenvalue weighted by atomic mass is 10.1. The molecule has 0 bridgehead atoms. The summed E-state index contributed by atoms with van der Waals surface area (Å²) in [5.41, 5.74) is 19.8. The van der Waals surface area contributed by atoms with Gasteiger partial charge < -0.3 is 37.1 Å². The van der Waals surface area contributed by atoms with Crippen LogP contribution in [0.3, 0.4) is 0 Å². The van der Waals surface area contributed by atoms with Crippen molar-refractivity contribution in [1.29, 1.82) is 0 Å². The summed E-state index contributed by atoms with van der Waals surface area (Å²) in [5.74, 6) is 0.248. The molecule has 0 spiro atoms. The number of nitrogens with zero attached hydrogens (tertiary/aromatic N) is 8. The highest BCUT2D eigenvalue weighted by molar-refractivity contribution is 7.06. The molecule has 2 unspecified atom stereocenters. The van der Waals surface area contributed by atoms with Gasteiger partial charge in [0.2, 0.25) is 0 Å². The highest BCUT2D eigenvalue weighted by Gasteiger charge is 2.26. The number of alkyl carbamates (subject to hydrolysis) is 1. The van der Waals surface area contributed by atoms with E-state index >= 15 is 0 Å². The Labute approximate surface area is 317 Å². The number of aryl methyl sites for hydroxylation is 2. The van der Waals surface area contributed by atoms with Gasteiger partial charge in [0.15, 0.2) is 0 Å². The van der Waals surface area contributed by atoms with E-state index in [9.17, 15) is 14.4 Å². The van der Waals surface area contributed by atoms with Crippen molar-refractivity contribution in [3.05, 3.63) is 68.4 Å². The van der Waals surface area contributed by atoms with Gasteiger partial charge in [0.25, 0.3) is 11.8 Å². The van der Waals surface area contributed by atoms with Gasteiger partial charge in [-0.1, -0.05) is 0 Å². The van der Waals surface area contributed by atoms with Crippen LogP contribution in [-0.4, -0.2) is 90.5 Å². The third-order valence-electron chi connectivity index (χ3n) is 8.42. The number of nitrogens with two attached hydrogens (primary N) is 3. The lowest BCUT2D eigenvalue weighted by Crippen LogP contribution is -2.49. The molecule has 3 amide bonds. The summed E-state index contributed by atoms with van der Waals surface area (Å²) in [4.78, 5) is 59.6. The van der Waals surface area contributed by atoms with Crippen LogP contribution in [0.2, 0.25) is 0 Å². The molecule has 6 heterocycles. The Morgan fingerprint density at radius 1 is 0.830 bits per heavy atom. The predicted molar refractivity (Wildman–Crippen MR) is 204 cm³/mol. The quantitative estimate of drug-likeness (QED) is 0.192. The minimum atomic E-state index is -0.603. The summed E-state index contributed by atoms with van der Waals surface area (Å²) in [6.45, 7) is 12.4. The Bertz CT molecular complexity index is 1910. The molecule has 2 aliphatic heterocycles. The Morgan fingerprint density at radius 2 is 1.32 bits per heavy atom. The molecule has 0 aliphatic carbocycles. The van der Waals surface area contributed by atoms with Crippen LogP contribution in [-0.2, 0) is 17.6 Å². The number of amides is 3. The minimum Gasteiger partial charge on any atom is -0.444 e. The van der Waals surface area contributed by atoms with Gasteiger partial charge in [0, 0.05) is 60.9 Å². The number of hydrogen-bond acceptors (Lipinski definition) is 15. The van der Waals surface area contributed by atoms with Crippen molar-refractivity contribution in [2.45, 2.75) is 90.8 Å². The second-order valence-corrected chi connectivity index (χ2v) is 16.1. The average Bonchev–Trinajstić information content (AvgIpc) is 3.70. The van der Waals surface area contributed by atoms with Crippen LogP contribution in [0.4, 0.5) is 16.4 Å². The molecule has 2 fully saturated rings. The Hall–Kier alpha value is -4.81. The van der Waals surface area contributed by atoms with Crippen LogP contribution in [0.25, 0.3) is 0 Å². The first-order chi connectivity index (χ1) is 25.1. The van der Waals surface area contributed by atoms with Gasteiger partial charge in [0.1, 0.15) is 28.6 Å². The third kappa shape index (κ3) is 11.3. The van der Waals surface area contributed by atoms with Gasteiger partial charge in [0.05, 0.1) is 35.2 Å². The number of piperidine rings is 2. The van der Waals surface area contributed by atoms with Crippen molar-refractivity contribution in [3.8, 4) is 0 Å². The van der Waals surface area contributed by atoms with E-state index in [2.05, 4.69) is 38.8 Å². The van der Waals surface area contributed by atoms with Crippen molar-refractivity contribution in [3.63, 3.8) is 0 Å². The lowest BCUT2D eigenvalue weighted by molar-refractivity contribution is 0.0499. The summed E-state index contributed by atoms with van der Waals surface area (Å²) < 4.78 is 13.9. The molecule has 4 aromatic heterocycles. The predicted octanol–water partition coefficient (Wildman–Crippen LogP) is 3.28. The van der Waals surface area contributed by atoms with Crippen LogP contribution in [0.15, 0.2) is 24.5 Å². The van der Waals surface area contributed by atoms with Crippen molar-refractivity contribution < 1.29 is 19.1 Å². The van der Waals surface area contributed by atoms with Crippen LogP contribution in [0, 0.1) is 13.8 Å². The number of primary amides is 2. The molecule has 2 saturated heterocycles. The molecule has 16 nitrogen and oxygen atoms in total. The largest absolute Gasteiger partial charge is 0.444 e. The molecule has 2 atom stereocenters. The second-order valence-electron chi connectivity index (χ2n) is 14.3. The molecular weight excluding hydrogens is 717 g/mol. The SMILES string of the molecule is Cc1cc(Cc2nc(N3CCCC(N)C3)cnc2C(N)=O)sn1.Cc1cc(Cc2nc(N3CCCC(NC(=O)OC(C)(C)C)C3)cnc2C(N)=O)sn1. The second kappa shape index (κ2) is 17.3. The Morgan fingerprint density at radius 3 is 1.75 bits per heavy atom. The zero-order chi connectivity index (χ0) is 38.3. The fourth-order valence-corrected chi connectivity index (χ4v) is 7.60. The van der Waals surface area contributed by atoms with Crippen LogP contribution >= 0.6 is 23.1 Å². The van der Waals surface area contributed by atoms with Crippen LogP contribution in [0.1, 0.15) is 100.0 Å². The molecule has 4 aromatic rings. The Kier molecular flexibility index (Phi) is 12.9. The molecule has 18 heteroatoms. The van der Waals surface area contributed by atoms with Crippen molar-refractivity contribution >= 4 is 52.6 Å². The summed E-state index contributed by atoms with van der Waals surface area (Å²) in [6, 6.07) is 4.04. The van der Waals surface area contributed by atoms with E-state index in [0.717, 1.165) is 72.3 Å². The standard InChI is InChI=1S/C20H28N6O3S.C15H20N6OS/c1-12-8-14(30-25-12)9-15-17(18(21)27)22-10-16(24-15)26-7-5-6-13(11-26)23-19(28)29-20(2,3)4;1-9-5-11(23-20-9)6-12-14(15(17)22)18-7-13(19-12)21-4-2-3-10(16)8-21/h8,10,13H,5-7,9,11H2,1-4H3,(H2,21,27)(H,23,28);5,7,10H,2-4,6,8,16H2,1H3,(H2,17,22). The van der Waals surface area contributed by atoms with Gasteiger partial charge in [-0.05, 0) is 95.5 Å². The normalized spacial score (nSPS) is 17.5. The van der Waals surface area contributed by atoms with E-state index < -0.39 is 23.5 Å². The maximum Gasteiger partial charge on any atom is 0.407 e.